The van der Waals surface area contributed by atoms with Crippen molar-refractivity contribution < 1.29 is 28.6 Å². The maximum Gasteiger partial charge on any atom is 0.339 e. The average molecular weight is 398 g/mol. The highest BCUT2D eigenvalue weighted by molar-refractivity contribution is 6.11. The normalized spacial score (nSPS) is 13.8. The highest BCUT2D eigenvalue weighted by Crippen LogP contribution is 2.30. The van der Waals surface area contributed by atoms with Crippen molar-refractivity contribution in [1.29, 1.82) is 0 Å². The largest absolute Gasteiger partial charge is 0.493 e. The van der Waals surface area contributed by atoms with Crippen molar-refractivity contribution in [2.24, 2.45) is 0 Å². The molecule has 152 valence electrons. The summed E-state index contributed by atoms with van der Waals surface area (Å²) in [4.78, 5) is 38.6. The second kappa shape index (κ2) is 8.64. The Morgan fingerprint density at radius 1 is 1.17 bits per heavy atom. The molecule has 2 aromatic carbocycles. The fourth-order valence-electron chi connectivity index (χ4n) is 3.00. The summed E-state index contributed by atoms with van der Waals surface area (Å²) in [5.41, 5.74) is 1.32. The minimum Gasteiger partial charge on any atom is -0.493 e. The summed E-state index contributed by atoms with van der Waals surface area (Å²) < 4.78 is 16.0. The summed E-state index contributed by atoms with van der Waals surface area (Å²) in [7, 11) is 1.50. The Balaban J connectivity index is 1.76. The van der Waals surface area contributed by atoms with Gasteiger partial charge < -0.3 is 19.5 Å². The van der Waals surface area contributed by atoms with E-state index in [1.807, 2.05) is 6.92 Å². The van der Waals surface area contributed by atoms with E-state index in [4.69, 9.17) is 14.2 Å². The number of carbonyl (C=O) groups excluding carboxylic acids is 3. The van der Waals surface area contributed by atoms with Gasteiger partial charge in [0.1, 0.15) is 6.54 Å². The van der Waals surface area contributed by atoms with Gasteiger partial charge in [0.2, 0.25) is 5.91 Å². The molecule has 0 saturated carbocycles. The van der Waals surface area contributed by atoms with Crippen LogP contribution in [0.1, 0.15) is 24.2 Å². The van der Waals surface area contributed by atoms with Crippen LogP contribution >= 0.6 is 0 Å². The van der Waals surface area contributed by atoms with Crippen LogP contribution in [-0.2, 0) is 14.3 Å². The molecule has 0 aliphatic carbocycles. The fraction of sp³-hybridized carbons (Fsp3) is 0.286. The molecule has 1 aliphatic heterocycles. The third-order valence-corrected chi connectivity index (χ3v) is 4.37. The van der Waals surface area contributed by atoms with Gasteiger partial charge in [-0.3, -0.25) is 14.5 Å². The molecule has 1 heterocycles. The molecule has 0 saturated heterocycles. The van der Waals surface area contributed by atoms with Gasteiger partial charge in [0, 0.05) is 0 Å². The Bertz CT molecular complexity index is 943. The Morgan fingerprint density at radius 2 is 1.93 bits per heavy atom. The summed E-state index contributed by atoms with van der Waals surface area (Å²) in [6.45, 7) is 3.55. The molecule has 3 rings (SSSR count). The molecular formula is C21H22N2O6. The smallest absolute Gasteiger partial charge is 0.339 e. The fourth-order valence-corrected chi connectivity index (χ4v) is 3.00. The topological polar surface area (TPSA) is 94.2 Å². The van der Waals surface area contributed by atoms with E-state index < -0.39 is 18.0 Å². The first-order valence-electron chi connectivity index (χ1n) is 9.16. The lowest BCUT2D eigenvalue weighted by molar-refractivity contribution is -0.128. The van der Waals surface area contributed by atoms with Crippen molar-refractivity contribution in [3.05, 3.63) is 48.0 Å². The summed E-state index contributed by atoms with van der Waals surface area (Å²) in [6, 6.07) is 11.6. The summed E-state index contributed by atoms with van der Waals surface area (Å²) in [6.07, 6.45) is -1.08. The number of methoxy groups -OCH3 is 1. The average Bonchev–Trinajstić information content (AvgIpc) is 2.72. The van der Waals surface area contributed by atoms with Crippen LogP contribution in [0.2, 0.25) is 0 Å². The number of nitrogens with one attached hydrogen (secondary N) is 1. The SMILES string of the molecule is CCOc1cc(C(=O)O[C@@H](C)C(=O)N2CC(=O)Nc3ccccc32)ccc1OC. The second-order valence-electron chi connectivity index (χ2n) is 6.34. The molecule has 1 N–H and O–H groups in total. The van der Waals surface area contributed by atoms with E-state index in [2.05, 4.69) is 5.32 Å². The number of ether oxygens (including phenoxy) is 3. The van der Waals surface area contributed by atoms with Crippen molar-refractivity contribution in [3.8, 4) is 11.5 Å². The van der Waals surface area contributed by atoms with Gasteiger partial charge in [0.25, 0.3) is 5.91 Å². The number of hydrogen-bond acceptors (Lipinski definition) is 6. The van der Waals surface area contributed by atoms with Crippen molar-refractivity contribution in [3.63, 3.8) is 0 Å². The van der Waals surface area contributed by atoms with Crippen LogP contribution in [0.5, 0.6) is 11.5 Å². The number of hydrogen-bond donors (Lipinski definition) is 1. The number of esters is 1. The minimum atomic E-state index is -1.08. The number of nitrogens with zero attached hydrogens (tertiary/aromatic N) is 1. The van der Waals surface area contributed by atoms with Gasteiger partial charge in [0.05, 0.1) is 30.7 Å². The van der Waals surface area contributed by atoms with E-state index in [0.29, 0.717) is 29.5 Å². The molecule has 8 heteroatoms. The van der Waals surface area contributed by atoms with E-state index in [1.54, 1.807) is 30.3 Å². The molecule has 2 amide bonds. The number of anilines is 2. The quantitative estimate of drug-likeness (QED) is 0.752. The summed E-state index contributed by atoms with van der Waals surface area (Å²) in [5.74, 6) is -0.580. The van der Waals surface area contributed by atoms with Crippen LogP contribution in [0.3, 0.4) is 0 Å². The minimum absolute atomic E-state index is 0.144. The Hall–Kier alpha value is -3.55. The zero-order valence-electron chi connectivity index (χ0n) is 16.4. The number of carbonyl (C=O) groups is 3. The van der Waals surface area contributed by atoms with E-state index in [9.17, 15) is 14.4 Å². The summed E-state index contributed by atoms with van der Waals surface area (Å²) in [5, 5.41) is 2.71. The van der Waals surface area contributed by atoms with E-state index in [1.165, 1.54) is 31.1 Å². The highest BCUT2D eigenvalue weighted by atomic mass is 16.5. The molecule has 0 aromatic heterocycles. The molecule has 8 nitrogen and oxygen atoms in total. The third kappa shape index (κ3) is 4.31. The molecule has 1 aliphatic rings. The molecule has 29 heavy (non-hydrogen) atoms. The van der Waals surface area contributed by atoms with E-state index >= 15 is 0 Å². The zero-order chi connectivity index (χ0) is 21.0. The Kier molecular flexibility index (Phi) is 6.01. The van der Waals surface area contributed by atoms with E-state index in [-0.39, 0.29) is 18.0 Å². The molecular weight excluding hydrogens is 376 g/mol. The second-order valence-corrected chi connectivity index (χ2v) is 6.34. The molecule has 2 aromatic rings. The predicted octanol–water partition coefficient (Wildman–Crippen LogP) is 2.62. The standard InChI is InChI=1S/C21H22N2O6/c1-4-28-18-11-14(9-10-17(18)27-3)21(26)29-13(2)20(25)23-12-19(24)22-15-7-5-6-8-16(15)23/h5-11,13H,4,12H2,1-3H3,(H,22,24)/t13-/m0/s1. The van der Waals surface area contributed by atoms with Crippen LogP contribution < -0.4 is 19.7 Å². The Labute approximate surface area is 168 Å². The van der Waals surface area contributed by atoms with Crippen molar-refractivity contribution in [1.82, 2.24) is 0 Å². The van der Waals surface area contributed by atoms with Gasteiger partial charge in [-0.25, -0.2) is 4.79 Å². The number of para-hydroxylation sites is 2. The lowest BCUT2D eigenvalue weighted by Gasteiger charge is -2.30. The van der Waals surface area contributed by atoms with Crippen molar-refractivity contribution in [2.45, 2.75) is 20.0 Å². The van der Waals surface area contributed by atoms with Gasteiger partial charge >= 0.3 is 5.97 Å². The van der Waals surface area contributed by atoms with Crippen molar-refractivity contribution >= 4 is 29.2 Å². The van der Waals surface area contributed by atoms with Crippen molar-refractivity contribution in [2.75, 3.05) is 30.5 Å². The van der Waals surface area contributed by atoms with Gasteiger partial charge in [0.15, 0.2) is 17.6 Å². The first-order chi connectivity index (χ1) is 13.9. The number of rotatable bonds is 6. The zero-order valence-corrected chi connectivity index (χ0v) is 16.4. The molecule has 1 atom stereocenters. The molecule has 0 unspecified atom stereocenters. The summed E-state index contributed by atoms with van der Waals surface area (Å²) >= 11 is 0. The molecule has 0 bridgehead atoms. The lowest BCUT2D eigenvalue weighted by atomic mass is 10.1. The van der Waals surface area contributed by atoms with Crippen LogP contribution in [-0.4, -0.2) is 44.1 Å². The first kappa shape index (κ1) is 20.2. The molecule has 0 spiro atoms. The number of fused-ring (bicyclic) bond motifs is 1. The third-order valence-electron chi connectivity index (χ3n) is 4.37. The maximum atomic E-state index is 12.9. The van der Waals surface area contributed by atoms with Gasteiger partial charge in [-0.15, -0.1) is 0 Å². The van der Waals surface area contributed by atoms with Crippen LogP contribution in [0.4, 0.5) is 11.4 Å². The van der Waals surface area contributed by atoms with Crippen LogP contribution in [0.25, 0.3) is 0 Å². The van der Waals surface area contributed by atoms with Crippen LogP contribution in [0.15, 0.2) is 42.5 Å². The van der Waals surface area contributed by atoms with Crippen LogP contribution in [0, 0.1) is 0 Å². The van der Waals surface area contributed by atoms with Gasteiger partial charge in [-0.05, 0) is 44.2 Å². The van der Waals surface area contributed by atoms with Gasteiger partial charge in [-0.2, -0.15) is 0 Å². The van der Waals surface area contributed by atoms with Gasteiger partial charge in [-0.1, -0.05) is 12.1 Å². The number of amides is 2. The molecule has 0 fully saturated rings. The predicted molar refractivity (Wildman–Crippen MR) is 106 cm³/mol. The van der Waals surface area contributed by atoms with E-state index in [0.717, 1.165) is 0 Å². The highest BCUT2D eigenvalue weighted by Gasteiger charge is 2.31. The Morgan fingerprint density at radius 3 is 2.66 bits per heavy atom. The molecule has 0 radical (unpaired) electrons. The maximum absolute atomic E-state index is 12.9. The lowest BCUT2D eigenvalue weighted by Crippen LogP contribution is -2.47. The first-order valence-corrected chi connectivity index (χ1v) is 9.16. The monoisotopic (exact) mass is 398 g/mol. The number of benzene rings is 2.